The Morgan fingerprint density at radius 2 is 1.97 bits per heavy atom. The maximum atomic E-state index is 12.2. The zero-order chi connectivity index (χ0) is 21.0. The number of anilines is 1. The minimum atomic E-state index is -2.94. The molecule has 9 heteroatoms. The molecule has 0 aromatic carbocycles. The third-order valence-electron chi connectivity index (χ3n) is 5.22. The van der Waals surface area contributed by atoms with E-state index in [1.165, 1.54) is 31.8 Å². The van der Waals surface area contributed by atoms with Crippen LogP contribution in [-0.4, -0.2) is 59.8 Å². The Kier molecular flexibility index (Phi) is 7.02. The van der Waals surface area contributed by atoms with Crippen molar-refractivity contribution in [3.8, 4) is 17.0 Å². The molecule has 2 fully saturated rings. The van der Waals surface area contributed by atoms with Crippen molar-refractivity contribution in [2.24, 2.45) is 11.8 Å². The third-order valence-corrected chi connectivity index (χ3v) is 5.22. The summed E-state index contributed by atoms with van der Waals surface area (Å²) in [6.45, 7) is 5.78. The maximum Gasteiger partial charge on any atom is 0.387 e. The molecule has 1 saturated heterocycles. The van der Waals surface area contributed by atoms with E-state index in [2.05, 4.69) is 24.6 Å². The van der Waals surface area contributed by atoms with Crippen LogP contribution in [0, 0.1) is 11.8 Å². The molecule has 0 amide bonds. The predicted octanol–water partition coefficient (Wildman–Crippen LogP) is 3.36. The minimum Gasteiger partial charge on any atom is -0.431 e. The van der Waals surface area contributed by atoms with Crippen molar-refractivity contribution in [2.75, 3.05) is 39.1 Å². The highest BCUT2D eigenvalue weighted by atomic mass is 19.3. The Bertz CT molecular complexity index is 789. The van der Waals surface area contributed by atoms with E-state index >= 15 is 0 Å². The number of fused-ring (bicyclic) bond motifs is 1. The molecule has 3 heterocycles. The number of piperidine rings is 1. The first-order valence-corrected chi connectivity index (χ1v) is 9.84. The number of nitrogens with one attached hydrogen (secondary N) is 1. The number of hydrogen-bond donors (Lipinski definition) is 2. The second kappa shape index (κ2) is 9.49. The van der Waals surface area contributed by atoms with Crippen LogP contribution >= 0.6 is 0 Å². The lowest BCUT2D eigenvalue weighted by Gasteiger charge is -2.15. The number of imidazole rings is 1. The van der Waals surface area contributed by atoms with E-state index in [0.717, 1.165) is 30.8 Å². The Labute approximate surface area is 169 Å². The number of nitrogens with zero attached hydrogens (tertiary/aromatic N) is 3. The number of alkyl halides is 2. The molecule has 4 rings (SSSR count). The van der Waals surface area contributed by atoms with E-state index in [-0.39, 0.29) is 17.5 Å². The van der Waals surface area contributed by atoms with Crippen LogP contribution in [-0.2, 0) is 4.74 Å². The van der Waals surface area contributed by atoms with Gasteiger partial charge in [-0.1, -0.05) is 13.8 Å². The topological polar surface area (TPSA) is 89.3 Å². The Morgan fingerprint density at radius 3 is 2.55 bits per heavy atom. The molecule has 0 bridgehead atoms. The molecule has 2 unspecified atom stereocenters. The molecule has 160 valence electrons. The summed E-state index contributed by atoms with van der Waals surface area (Å²) >= 11 is 0. The zero-order valence-electron chi connectivity index (χ0n) is 17.1. The third kappa shape index (κ3) is 5.86. The van der Waals surface area contributed by atoms with E-state index < -0.39 is 6.61 Å². The van der Waals surface area contributed by atoms with E-state index in [0.29, 0.717) is 11.3 Å². The zero-order valence-corrected chi connectivity index (χ0v) is 17.1. The molecule has 0 radical (unpaired) electrons. The fourth-order valence-corrected chi connectivity index (χ4v) is 3.47. The number of hydrogen-bond acceptors (Lipinski definition) is 6. The molecular weight excluding hydrogens is 380 g/mol. The van der Waals surface area contributed by atoms with Crippen molar-refractivity contribution >= 4 is 5.82 Å². The van der Waals surface area contributed by atoms with Crippen LogP contribution < -0.4 is 10.5 Å². The summed E-state index contributed by atoms with van der Waals surface area (Å²) in [7, 11) is 1.77. The van der Waals surface area contributed by atoms with Crippen LogP contribution in [0.5, 0.6) is 5.75 Å². The van der Waals surface area contributed by atoms with Crippen LogP contribution in [0.4, 0.5) is 14.6 Å². The van der Waals surface area contributed by atoms with Crippen molar-refractivity contribution in [3.05, 3.63) is 24.3 Å². The number of nitrogen functional groups attached to an aromatic ring is 1. The number of H-pyrrole nitrogens is 1. The van der Waals surface area contributed by atoms with E-state index in [1.54, 1.807) is 13.3 Å². The molecule has 2 atom stereocenters. The van der Waals surface area contributed by atoms with Gasteiger partial charge >= 0.3 is 6.61 Å². The van der Waals surface area contributed by atoms with Gasteiger partial charge in [0.1, 0.15) is 5.82 Å². The standard InChI is InChI=1S/C12H14F2N4O.C8H15NO/c1-6(2)11-17-5-8(18-11)7-3-9(19-12(13)14)10(15)16-4-7;1-10-3-2-9-5-7-4-8(7)6-9/h3-6,12H,1-2H3,(H2,15,16)(H,17,18);7-8H,2-6H2,1H3. The van der Waals surface area contributed by atoms with Gasteiger partial charge < -0.3 is 25.1 Å². The second-order valence-electron chi connectivity index (χ2n) is 7.83. The summed E-state index contributed by atoms with van der Waals surface area (Å²) in [5, 5.41) is 0. The summed E-state index contributed by atoms with van der Waals surface area (Å²) < 4.78 is 33.8. The summed E-state index contributed by atoms with van der Waals surface area (Å²) in [6, 6.07) is 1.41. The second-order valence-corrected chi connectivity index (χ2v) is 7.83. The van der Waals surface area contributed by atoms with Crippen molar-refractivity contribution in [2.45, 2.75) is 32.8 Å². The molecule has 29 heavy (non-hydrogen) atoms. The summed E-state index contributed by atoms with van der Waals surface area (Å²) in [5.74, 6) is 2.96. The van der Waals surface area contributed by atoms with Crippen LogP contribution in [0.25, 0.3) is 11.3 Å². The highest BCUT2D eigenvalue weighted by Crippen LogP contribution is 2.44. The summed E-state index contributed by atoms with van der Waals surface area (Å²) in [5.41, 5.74) is 6.74. The van der Waals surface area contributed by atoms with Crippen LogP contribution in [0.3, 0.4) is 0 Å². The number of likely N-dealkylation sites (tertiary alicyclic amines) is 1. The van der Waals surface area contributed by atoms with Gasteiger partial charge in [0.25, 0.3) is 0 Å². The van der Waals surface area contributed by atoms with Crippen molar-refractivity contribution in [1.29, 1.82) is 0 Å². The van der Waals surface area contributed by atoms with Gasteiger partial charge in [-0.05, 0) is 24.3 Å². The first-order valence-electron chi connectivity index (χ1n) is 9.84. The van der Waals surface area contributed by atoms with Gasteiger partial charge in [-0.3, -0.25) is 0 Å². The molecule has 2 aromatic rings. The number of rotatable bonds is 7. The van der Waals surface area contributed by atoms with Gasteiger partial charge in [-0.15, -0.1) is 0 Å². The van der Waals surface area contributed by atoms with Gasteiger partial charge in [0.15, 0.2) is 11.6 Å². The first-order chi connectivity index (χ1) is 13.9. The van der Waals surface area contributed by atoms with E-state index in [1.807, 2.05) is 13.8 Å². The average Bonchev–Trinajstić information content (AvgIpc) is 3.09. The lowest BCUT2D eigenvalue weighted by Crippen LogP contribution is -2.26. The molecule has 1 aliphatic heterocycles. The maximum absolute atomic E-state index is 12.2. The highest BCUT2D eigenvalue weighted by molar-refractivity contribution is 5.63. The molecule has 1 aliphatic carbocycles. The number of nitrogens with two attached hydrogens (primary N) is 1. The van der Waals surface area contributed by atoms with Gasteiger partial charge in [-0.25, -0.2) is 9.97 Å². The van der Waals surface area contributed by atoms with Crippen molar-refractivity contribution < 1.29 is 18.3 Å². The molecule has 0 spiro atoms. The molecule has 1 saturated carbocycles. The van der Waals surface area contributed by atoms with Gasteiger partial charge in [0.2, 0.25) is 0 Å². The summed E-state index contributed by atoms with van der Waals surface area (Å²) in [4.78, 5) is 13.6. The first kappa shape index (κ1) is 21.4. The lowest BCUT2D eigenvalue weighted by atomic mass is 10.2. The molecule has 7 nitrogen and oxygen atoms in total. The van der Waals surface area contributed by atoms with Crippen LogP contribution in [0.2, 0.25) is 0 Å². The number of pyridine rings is 1. The fourth-order valence-electron chi connectivity index (χ4n) is 3.47. The van der Waals surface area contributed by atoms with Gasteiger partial charge in [0, 0.05) is 44.4 Å². The molecular formula is C20H29F2N5O2. The van der Waals surface area contributed by atoms with Gasteiger partial charge in [-0.2, -0.15) is 8.78 Å². The van der Waals surface area contributed by atoms with Crippen LogP contribution in [0.15, 0.2) is 18.5 Å². The number of halogens is 2. The van der Waals surface area contributed by atoms with Gasteiger partial charge in [0.05, 0.1) is 18.5 Å². The SMILES string of the molecule is CC(C)c1ncc(-c2cnc(N)c(OC(F)F)c2)[nH]1.COCCN1CC2CC2C1. The van der Waals surface area contributed by atoms with Crippen molar-refractivity contribution in [1.82, 2.24) is 19.9 Å². The Morgan fingerprint density at radius 1 is 1.24 bits per heavy atom. The fraction of sp³-hybridized carbons (Fsp3) is 0.600. The van der Waals surface area contributed by atoms with Crippen molar-refractivity contribution in [3.63, 3.8) is 0 Å². The monoisotopic (exact) mass is 409 g/mol. The Balaban J connectivity index is 0.000000200. The lowest BCUT2D eigenvalue weighted by molar-refractivity contribution is -0.0494. The average molecular weight is 409 g/mol. The predicted molar refractivity (Wildman–Crippen MR) is 107 cm³/mol. The number of aromatic amines is 1. The number of methoxy groups -OCH3 is 1. The largest absolute Gasteiger partial charge is 0.431 e. The smallest absolute Gasteiger partial charge is 0.387 e. The number of aromatic nitrogens is 3. The minimum absolute atomic E-state index is 0.0763. The summed E-state index contributed by atoms with van der Waals surface area (Å²) in [6.07, 6.45) is 4.60. The normalized spacial score (nSPS) is 20.5. The quantitative estimate of drug-likeness (QED) is 0.729. The Hall–Kier alpha value is -2.26. The molecule has 2 aliphatic rings. The number of ether oxygens (including phenoxy) is 2. The van der Waals surface area contributed by atoms with E-state index in [4.69, 9.17) is 10.5 Å². The molecule has 2 aromatic heterocycles. The highest BCUT2D eigenvalue weighted by Gasteiger charge is 2.44. The van der Waals surface area contributed by atoms with Crippen LogP contribution in [0.1, 0.15) is 32.0 Å². The van der Waals surface area contributed by atoms with E-state index in [9.17, 15) is 8.78 Å². The molecule has 3 N–H and O–H groups in total.